The molecule has 0 bridgehead atoms. The van der Waals surface area contributed by atoms with Crippen molar-refractivity contribution in [1.82, 2.24) is 0 Å². The second-order valence-corrected chi connectivity index (χ2v) is 3.34. The molecule has 1 aliphatic carbocycles. The fraction of sp³-hybridized carbons (Fsp3) is 0. The molecule has 0 aromatic carbocycles. The Morgan fingerprint density at radius 1 is 1.12 bits per heavy atom. The molecule has 0 fully saturated rings. The Morgan fingerprint density at radius 2 is 1.62 bits per heavy atom. The van der Waals surface area contributed by atoms with Gasteiger partial charge in [0.25, 0.3) is 0 Å². The average Bonchev–Trinajstić information content (AvgIpc) is 1.77. The maximum atomic E-state index is 3.77. The molecule has 0 unspecified atom stereocenters. The maximum absolute atomic E-state index is 3.77. The molecule has 0 aromatic rings. The molecule has 0 atom stereocenters. The second-order valence-electron chi connectivity index (χ2n) is 1.64. The molecule has 0 nitrogen and oxygen atoms in total. The molecule has 0 amide bonds. The summed E-state index contributed by atoms with van der Waals surface area (Å²) in [4.78, 5) is 0. The molecule has 8 heavy (non-hydrogen) atoms. The van der Waals surface area contributed by atoms with E-state index in [2.05, 4.69) is 18.7 Å². The number of hydrogen-bond donors (Lipinski definition) is 0. The van der Waals surface area contributed by atoms with E-state index in [4.69, 9.17) is 0 Å². The van der Waals surface area contributed by atoms with Gasteiger partial charge >= 0.3 is 59.7 Å². The Morgan fingerprint density at radius 3 is 2.00 bits per heavy atom. The zero-order valence-corrected chi connectivity index (χ0v) is 7.36. The van der Waals surface area contributed by atoms with E-state index in [1.54, 1.807) is 0 Å². The fourth-order valence-electron chi connectivity index (χ4n) is 0.489. The van der Waals surface area contributed by atoms with Crippen LogP contribution in [0, 0.1) is 0 Å². The quantitative estimate of drug-likeness (QED) is 0.626. The van der Waals surface area contributed by atoms with E-state index in [1.165, 1.54) is 23.3 Å². The summed E-state index contributed by atoms with van der Waals surface area (Å²) in [6, 6.07) is 0. The van der Waals surface area contributed by atoms with E-state index < -0.39 is 0 Å². The number of rotatable bonds is 0. The zero-order chi connectivity index (χ0) is 5.98. The molecular formula is C7H6W. The number of hydrogen-bond acceptors (Lipinski definition) is 0. The van der Waals surface area contributed by atoms with Crippen LogP contribution in [0.2, 0.25) is 0 Å². The Balaban J connectivity index is 2.83. The summed E-state index contributed by atoms with van der Waals surface area (Å²) in [5.41, 5.74) is 1.09. The first-order valence-corrected chi connectivity index (χ1v) is 3.85. The van der Waals surface area contributed by atoms with Crippen molar-refractivity contribution in [1.29, 1.82) is 0 Å². The van der Waals surface area contributed by atoms with Crippen LogP contribution in [0.15, 0.2) is 36.5 Å². The Labute approximate surface area is 60.0 Å². The third-order valence-electron chi connectivity index (χ3n) is 0.923. The SMILES string of the molecule is C=C1C=C[C](=[W])C=C1. The normalized spacial score (nSPS) is 17.5. The molecule has 0 saturated carbocycles. The molecule has 0 spiro atoms. The van der Waals surface area contributed by atoms with E-state index in [-0.39, 0.29) is 0 Å². The molecular weight excluding hydrogens is 268 g/mol. The standard InChI is InChI=1S/C7H6.W/c1-7-5-3-2-4-6-7;/h3-6H,1H2;. The molecule has 0 saturated heterocycles. The summed E-state index contributed by atoms with van der Waals surface area (Å²) in [5, 5.41) is 0. The van der Waals surface area contributed by atoms with Gasteiger partial charge in [-0.05, 0) is 0 Å². The molecule has 1 rings (SSSR count). The van der Waals surface area contributed by atoms with Crippen molar-refractivity contribution < 1.29 is 19.4 Å². The van der Waals surface area contributed by atoms with Crippen LogP contribution in [0.25, 0.3) is 0 Å². The van der Waals surface area contributed by atoms with Gasteiger partial charge in [-0.15, -0.1) is 0 Å². The summed E-state index contributed by atoms with van der Waals surface area (Å²) in [6.07, 6.45) is 8.25. The van der Waals surface area contributed by atoms with Crippen LogP contribution < -0.4 is 0 Å². The average molecular weight is 274 g/mol. The Hall–Kier alpha value is -0.222. The minimum atomic E-state index is 1.09. The predicted molar refractivity (Wildman–Crippen MR) is 32.4 cm³/mol. The van der Waals surface area contributed by atoms with Crippen molar-refractivity contribution in [3.63, 3.8) is 0 Å². The molecule has 40 valence electrons. The van der Waals surface area contributed by atoms with Crippen LogP contribution in [0.5, 0.6) is 0 Å². The Bertz CT molecular complexity index is 147. The Kier molecular flexibility index (Phi) is 1.75. The fourth-order valence-corrected chi connectivity index (χ4v) is 0.978. The van der Waals surface area contributed by atoms with Gasteiger partial charge in [-0.1, -0.05) is 0 Å². The summed E-state index contributed by atoms with van der Waals surface area (Å²) >= 11 is 1.51. The van der Waals surface area contributed by atoms with E-state index in [0.717, 1.165) is 5.57 Å². The van der Waals surface area contributed by atoms with Gasteiger partial charge in [0.05, 0.1) is 0 Å². The van der Waals surface area contributed by atoms with Crippen molar-refractivity contribution >= 4 is 3.90 Å². The van der Waals surface area contributed by atoms with Gasteiger partial charge in [0, 0.05) is 0 Å². The van der Waals surface area contributed by atoms with Crippen LogP contribution >= 0.6 is 0 Å². The molecule has 1 heteroatoms. The first-order chi connectivity index (χ1) is 3.79. The molecule has 0 N–H and O–H groups in total. The minimum absolute atomic E-state index is 1.09. The van der Waals surface area contributed by atoms with E-state index in [1.807, 2.05) is 12.2 Å². The third kappa shape index (κ3) is 1.38. The topological polar surface area (TPSA) is 0 Å². The van der Waals surface area contributed by atoms with Gasteiger partial charge in [-0.25, -0.2) is 0 Å². The van der Waals surface area contributed by atoms with Gasteiger partial charge in [-0.2, -0.15) is 0 Å². The second kappa shape index (κ2) is 2.37. The van der Waals surface area contributed by atoms with Crippen LogP contribution in [0.3, 0.4) is 0 Å². The van der Waals surface area contributed by atoms with Gasteiger partial charge in [0.1, 0.15) is 0 Å². The van der Waals surface area contributed by atoms with Crippen LogP contribution in [-0.4, -0.2) is 3.90 Å². The molecule has 0 aliphatic heterocycles. The first-order valence-electron chi connectivity index (χ1n) is 2.38. The molecule has 1 aliphatic rings. The van der Waals surface area contributed by atoms with E-state index >= 15 is 0 Å². The van der Waals surface area contributed by atoms with Crippen LogP contribution in [0.4, 0.5) is 0 Å². The van der Waals surface area contributed by atoms with Crippen molar-refractivity contribution in [3.8, 4) is 0 Å². The van der Waals surface area contributed by atoms with Gasteiger partial charge in [0.2, 0.25) is 0 Å². The molecule has 0 aromatic heterocycles. The van der Waals surface area contributed by atoms with E-state index in [9.17, 15) is 0 Å². The summed E-state index contributed by atoms with van der Waals surface area (Å²) in [7, 11) is 0. The van der Waals surface area contributed by atoms with Gasteiger partial charge < -0.3 is 0 Å². The van der Waals surface area contributed by atoms with Gasteiger partial charge in [-0.3, -0.25) is 0 Å². The first kappa shape index (κ1) is 5.91. The predicted octanol–water partition coefficient (Wildman–Crippen LogP) is 1.39. The van der Waals surface area contributed by atoms with Crippen molar-refractivity contribution in [2.45, 2.75) is 0 Å². The van der Waals surface area contributed by atoms with Crippen molar-refractivity contribution in [3.05, 3.63) is 36.5 Å². The van der Waals surface area contributed by atoms with E-state index in [0.29, 0.717) is 0 Å². The zero-order valence-electron chi connectivity index (χ0n) is 4.42. The molecule has 0 heterocycles. The summed E-state index contributed by atoms with van der Waals surface area (Å²) < 4.78 is 1.37. The monoisotopic (exact) mass is 274 g/mol. The van der Waals surface area contributed by atoms with Gasteiger partial charge in [0.15, 0.2) is 0 Å². The number of allylic oxidation sites excluding steroid dienone is 5. The van der Waals surface area contributed by atoms with Crippen LogP contribution in [-0.2, 0) is 19.4 Å². The van der Waals surface area contributed by atoms with Crippen molar-refractivity contribution in [2.24, 2.45) is 0 Å². The third-order valence-corrected chi connectivity index (χ3v) is 1.90. The summed E-state index contributed by atoms with van der Waals surface area (Å²) in [6.45, 7) is 3.77. The summed E-state index contributed by atoms with van der Waals surface area (Å²) in [5.74, 6) is 0. The molecule has 0 radical (unpaired) electrons. The van der Waals surface area contributed by atoms with Crippen LogP contribution in [0.1, 0.15) is 0 Å². The van der Waals surface area contributed by atoms with Crippen molar-refractivity contribution in [2.75, 3.05) is 0 Å².